The smallest absolute Gasteiger partial charge is 0.257 e. The lowest BCUT2D eigenvalue weighted by molar-refractivity contribution is 0.311. The SMILES string of the molecule is CC(C)C1C#CCCOS(=O)(=O)N1. The van der Waals surface area contributed by atoms with Gasteiger partial charge in [-0.15, -0.1) is 0 Å². The van der Waals surface area contributed by atoms with E-state index in [1.165, 1.54) is 0 Å². The maximum Gasteiger partial charge on any atom is 0.336 e. The molecule has 0 aromatic carbocycles. The second-order valence-electron chi connectivity index (χ2n) is 3.19. The molecule has 1 N–H and O–H groups in total. The molecule has 0 saturated carbocycles. The van der Waals surface area contributed by atoms with Crippen LogP contribution in [0.1, 0.15) is 20.3 Å². The molecule has 0 bridgehead atoms. The fourth-order valence-corrected chi connectivity index (χ4v) is 1.92. The Hall–Kier alpha value is -0.570. The lowest BCUT2D eigenvalue weighted by atomic mass is 10.1. The average Bonchev–Trinajstić information content (AvgIpc) is 1.97. The molecule has 4 nitrogen and oxygen atoms in total. The van der Waals surface area contributed by atoms with Crippen LogP contribution in [0, 0.1) is 17.8 Å². The Bertz CT molecular complexity index is 323. The predicted octanol–water partition coefficient (Wildman–Crippen LogP) is 0.269. The van der Waals surface area contributed by atoms with Gasteiger partial charge in [0, 0.05) is 6.42 Å². The minimum Gasteiger partial charge on any atom is -0.257 e. The maximum absolute atomic E-state index is 11.1. The van der Waals surface area contributed by atoms with Crippen LogP contribution in [0.25, 0.3) is 0 Å². The molecule has 0 spiro atoms. The molecule has 0 amide bonds. The summed E-state index contributed by atoms with van der Waals surface area (Å²) in [4.78, 5) is 0. The van der Waals surface area contributed by atoms with Gasteiger partial charge in [-0.1, -0.05) is 25.7 Å². The molecular weight excluding hydrogens is 190 g/mol. The molecule has 1 heterocycles. The molecule has 13 heavy (non-hydrogen) atoms. The molecule has 0 fully saturated rings. The van der Waals surface area contributed by atoms with Crippen molar-refractivity contribution < 1.29 is 12.6 Å². The standard InChI is InChI=1S/C8H13NO3S/c1-7(2)8-5-3-4-6-12-13(10,11)9-8/h7-9H,4,6H2,1-2H3. The van der Waals surface area contributed by atoms with E-state index in [9.17, 15) is 8.42 Å². The Morgan fingerprint density at radius 1 is 1.54 bits per heavy atom. The van der Waals surface area contributed by atoms with Crippen molar-refractivity contribution in [2.45, 2.75) is 26.3 Å². The summed E-state index contributed by atoms with van der Waals surface area (Å²) in [7, 11) is -3.59. The van der Waals surface area contributed by atoms with E-state index in [-0.39, 0.29) is 18.6 Å². The predicted molar refractivity (Wildman–Crippen MR) is 49.0 cm³/mol. The summed E-state index contributed by atoms with van der Waals surface area (Å²) in [5.74, 6) is 5.85. The lowest BCUT2D eigenvalue weighted by Gasteiger charge is -2.17. The third-order valence-corrected chi connectivity index (χ3v) is 2.68. The van der Waals surface area contributed by atoms with Gasteiger partial charge in [0.05, 0.1) is 12.6 Å². The average molecular weight is 203 g/mol. The van der Waals surface area contributed by atoms with Gasteiger partial charge in [-0.3, -0.25) is 4.18 Å². The molecule has 0 aromatic rings. The van der Waals surface area contributed by atoms with Gasteiger partial charge in [0.25, 0.3) is 0 Å². The molecule has 0 aromatic heterocycles. The van der Waals surface area contributed by atoms with E-state index >= 15 is 0 Å². The van der Waals surface area contributed by atoms with Gasteiger partial charge in [-0.25, -0.2) is 0 Å². The van der Waals surface area contributed by atoms with Crippen LogP contribution in [0.2, 0.25) is 0 Å². The summed E-state index contributed by atoms with van der Waals surface area (Å²) in [6.07, 6.45) is 0.462. The Labute approximate surface area is 78.9 Å². The third kappa shape index (κ3) is 3.35. The normalized spacial score (nSPS) is 27.2. The van der Waals surface area contributed by atoms with E-state index in [1.54, 1.807) is 0 Å². The molecule has 1 rings (SSSR count). The molecule has 1 aliphatic rings. The zero-order chi connectivity index (χ0) is 9.90. The van der Waals surface area contributed by atoms with Gasteiger partial charge >= 0.3 is 10.3 Å². The van der Waals surface area contributed by atoms with Crippen molar-refractivity contribution in [2.75, 3.05) is 6.61 Å². The minimum atomic E-state index is -3.59. The van der Waals surface area contributed by atoms with Gasteiger partial charge in [0.15, 0.2) is 0 Å². The zero-order valence-electron chi connectivity index (χ0n) is 7.70. The monoisotopic (exact) mass is 203 g/mol. The van der Waals surface area contributed by atoms with E-state index in [4.69, 9.17) is 0 Å². The summed E-state index contributed by atoms with van der Waals surface area (Å²) >= 11 is 0. The molecule has 1 unspecified atom stereocenters. The first kappa shape index (κ1) is 10.5. The minimum absolute atomic E-state index is 0.132. The van der Waals surface area contributed by atoms with Crippen molar-refractivity contribution in [1.29, 1.82) is 0 Å². The lowest BCUT2D eigenvalue weighted by Crippen LogP contribution is -2.39. The van der Waals surface area contributed by atoms with E-state index in [0.717, 1.165) is 0 Å². The zero-order valence-corrected chi connectivity index (χ0v) is 8.52. The van der Waals surface area contributed by atoms with Crippen molar-refractivity contribution in [3.05, 3.63) is 0 Å². The third-order valence-electron chi connectivity index (χ3n) is 1.66. The highest BCUT2D eigenvalue weighted by atomic mass is 32.2. The van der Waals surface area contributed by atoms with Crippen molar-refractivity contribution in [2.24, 2.45) is 5.92 Å². The van der Waals surface area contributed by atoms with Crippen LogP contribution in [0.15, 0.2) is 0 Å². The molecule has 0 aliphatic carbocycles. The first-order valence-electron chi connectivity index (χ1n) is 4.16. The van der Waals surface area contributed by atoms with Gasteiger partial charge in [0.1, 0.15) is 0 Å². The molecule has 74 valence electrons. The second-order valence-corrected chi connectivity index (χ2v) is 4.57. The fraction of sp³-hybridized carbons (Fsp3) is 0.750. The largest absolute Gasteiger partial charge is 0.336 e. The summed E-state index contributed by atoms with van der Waals surface area (Å²) in [6, 6.07) is -0.342. The summed E-state index contributed by atoms with van der Waals surface area (Å²) in [6.45, 7) is 3.94. The molecule has 0 radical (unpaired) electrons. The van der Waals surface area contributed by atoms with Crippen molar-refractivity contribution >= 4 is 10.3 Å². The van der Waals surface area contributed by atoms with Crippen LogP contribution in [0.5, 0.6) is 0 Å². The quantitative estimate of drug-likeness (QED) is 0.622. The van der Waals surface area contributed by atoms with Crippen LogP contribution in [0.3, 0.4) is 0 Å². The van der Waals surface area contributed by atoms with Crippen LogP contribution in [-0.2, 0) is 14.5 Å². The van der Waals surface area contributed by atoms with E-state index < -0.39 is 10.3 Å². The van der Waals surface area contributed by atoms with E-state index in [0.29, 0.717) is 6.42 Å². The van der Waals surface area contributed by atoms with Crippen LogP contribution in [0.4, 0.5) is 0 Å². The first-order chi connectivity index (χ1) is 6.01. The van der Waals surface area contributed by atoms with Crippen LogP contribution < -0.4 is 4.72 Å². The van der Waals surface area contributed by atoms with E-state index in [2.05, 4.69) is 20.7 Å². The van der Waals surface area contributed by atoms with E-state index in [1.807, 2.05) is 13.8 Å². The van der Waals surface area contributed by atoms with Crippen molar-refractivity contribution in [1.82, 2.24) is 4.72 Å². The molecule has 1 atom stereocenters. The van der Waals surface area contributed by atoms with Gasteiger partial charge in [-0.05, 0) is 5.92 Å². The highest BCUT2D eigenvalue weighted by Crippen LogP contribution is 2.05. The Morgan fingerprint density at radius 2 is 2.23 bits per heavy atom. The Kier molecular flexibility index (Phi) is 3.31. The summed E-state index contributed by atoms with van der Waals surface area (Å²) in [5.41, 5.74) is 0. The van der Waals surface area contributed by atoms with Crippen molar-refractivity contribution in [3.63, 3.8) is 0 Å². The molecule has 5 heteroatoms. The van der Waals surface area contributed by atoms with Gasteiger partial charge in [-0.2, -0.15) is 13.1 Å². The molecule has 0 saturated heterocycles. The Morgan fingerprint density at radius 3 is 2.85 bits per heavy atom. The number of nitrogens with one attached hydrogen (secondary N) is 1. The van der Waals surface area contributed by atoms with Crippen molar-refractivity contribution in [3.8, 4) is 11.8 Å². The summed E-state index contributed by atoms with van der Waals surface area (Å²) in [5, 5.41) is 0. The number of rotatable bonds is 1. The number of hydrogen-bond donors (Lipinski definition) is 1. The maximum atomic E-state index is 11.1. The summed E-state index contributed by atoms with van der Waals surface area (Å²) < 4.78 is 29.3. The fourth-order valence-electron chi connectivity index (χ4n) is 0.906. The molecule has 1 aliphatic heterocycles. The van der Waals surface area contributed by atoms with Crippen LogP contribution >= 0.6 is 0 Å². The Balaban J connectivity index is 2.82. The highest BCUT2D eigenvalue weighted by Gasteiger charge is 2.20. The van der Waals surface area contributed by atoms with Crippen LogP contribution in [-0.4, -0.2) is 21.1 Å². The number of hydrogen-bond acceptors (Lipinski definition) is 3. The van der Waals surface area contributed by atoms with Gasteiger partial charge < -0.3 is 0 Å². The first-order valence-corrected chi connectivity index (χ1v) is 5.57. The topological polar surface area (TPSA) is 55.4 Å². The highest BCUT2D eigenvalue weighted by molar-refractivity contribution is 7.84. The second kappa shape index (κ2) is 4.09. The molecular formula is C8H13NO3S. The van der Waals surface area contributed by atoms with Gasteiger partial charge in [0.2, 0.25) is 0 Å².